The lowest BCUT2D eigenvalue weighted by atomic mass is 10.0. The maximum atomic E-state index is 13.4. The Morgan fingerprint density at radius 1 is 1.16 bits per heavy atom. The van der Waals surface area contributed by atoms with Gasteiger partial charge >= 0.3 is 0 Å². The summed E-state index contributed by atoms with van der Waals surface area (Å²) in [6.07, 6.45) is 1.44. The van der Waals surface area contributed by atoms with Crippen LogP contribution in [0.15, 0.2) is 59.7 Å². The number of halogens is 1. The van der Waals surface area contributed by atoms with Crippen LogP contribution < -0.4 is 15.6 Å². The molecule has 0 unspecified atom stereocenters. The molecule has 4 rings (SSSR count). The van der Waals surface area contributed by atoms with E-state index >= 15 is 0 Å². The van der Waals surface area contributed by atoms with Crippen LogP contribution in [0, 0.1) is 12.7 Å². The van der Waals surface area contributed by atoms with Crippen molar-refractivity contribution in [2.75, 3.05) is 5.32 Å². The molecule has 0 saturated heterocycles. The molecule has 2 aromatic carbocycles. The summed E-state index contributed by atoms with van der Waals surface area (Å²) in [7, 11) is 0. The van der Waals surface area contributed by atoms with Gasteiger partial charge in [-0.05, 0) is 62.7 Å². The number of rotatable bonds is 6. The Bertz CT molecular complexity index is 1330. The number of hydrogen-bond acceptors (Lipinski definition) is 5. The van der Waals surface area contributed by atoms with Gasteiger partial charge in [-0.2, -0.15) is 0 Å². The van der Waals surface area contributed by atoms with Gasteiger partial charge in [-0.15, -0.1) is 11.3 Å². The number of aromatic nitrogens is 2. The van der Waals surface area contributed by atoms with Crippen LogP contribution in [0.2, 0.25) is 0 Å². The first-order chi connectivity index (χ1) is 15.3. The molecule has 2 aromatic heterocycles. The molecular weight excluding hydrogens is 429 g/mol. The average molecular weight is 452 g/mol. The molecule has 8 heteroatoms. The van der Waals surface area contributed by atoms with Crippen LogP contribution in [0.25, 0.3) is 21.3 Å². The van der Waals surface area contributed by atoms with E-state index < -0.39 is 0 Å². The van der Waals surface area contributed by atoms with Crippen molar-refractivity contribution in [1.29, 1.82) is 0 Å². The van der Waals surface area contributed by atoms with E-state index in [4.69, 9.17) is 4.74 Å². The first-order valence-corrected chi connectivity index (χ1v) is 10.9. The SMILES string of the molecule is Cc1sc2ncn(CC(=O)Nc3ccc(OC(C)C)cc3)c(=O)c2c1-c1ccc(F)cc1. The van der Waals surface area contributed by atoms with Crippen LogP contribution >= 0.6 is 11.3 Å². The standard InChI is InChI=1S/C24H22FN3O3S/c1-14(2)31-19-10-8-18(9-11-19)27-20(29)12-28-13-26-23-22(24(28)30)21(15(3)32-23)16-4-6-17(25)7-5-16/h4-11,13-14H,12H2,1-3H3,(H,27,29). The number of nitrogens with zero attached hydrogens (tertiary/aromatic N) is 2. The first kappa shape index (κ1) is 21.7. The highest BCUT2D eigenvalue weighted by Gasteiger charge is 2.18. The molecule has 32 heavy (non-hydrogen) atoms. The Morgan fingerprint density at radius 2 is 1.84 bits per heavy atom. The van der Waals surface area contributed by atoms with Crippen LogP contribution in [-0.4, -0.2) is 21.6 Å². The summed E-state index contributed by atoms with van der Waals surface area (Å²) < 4.78 is 20.2. The fourth-order valence-corrected chi connectivity index (χ4v) is 4.46. The molecule has 0 atom stereocenters. The second-order valence-electron chi connectivity index (χ2n) is 7.64. The third-order valence-electron chi connectivity index (χ3n) is 4.81. The smallest absolute Gasteiger partial charge is 0.263 e. The summed E-state index contributed by atoms with van der Waals surface area (Å²) in [5.74, 6) is 0.0213. The van der Waals surface area contributed by atoms with Gasteiger partial charge < -0.3 is 10.1 Å². The van der Waals surface area contributed by atoms with Crippen LogP contribution in [0.4, 0.5) is 10.1 Å². The van der Waals surface area contributed by atoms with Crippen molar-refractivity contribution in [3.8, 4) is 16.9 Å². The maximum Gasteiger partial charge on any atom is 0.263 e. The zero-order valence-electron chi connectivity index (χ0n) is 17.9. The normalized spacial score (nSPS) is 11.2. The Kier molecular flexibility index (Phi) is 6.05. The number of aryl methyl sites for hydroxylation is 1. The fraction of sp³-hybridized carbons (Fsp3) is 0.208. The van der Waals surface area contributed by atoms with Crippen LogP contribution in [0.3, 0.4) is 0 Å². The van der Waals surface area contributed by atoms with Crippen LogP contribution in [-0.2, 0) is 11.3 Å². The quantitative estimate of drug-likeness (QED) is 0.448. The van der Waals surface area contributed by atoms with Crippen molar-refractivity contribution in [3.05, 3.63) is 75.9 Å². The van der Waals surface area contributed by atoms with Gasteiger partial charge in [-0.1, -0.05) is 12.1 Å². The van der Waals surface area contributed by atoms with Gasteiger partial charge in [0.15, 0.2) is 0 Å². The van der Waals surface area contributed by atoms with Crippen molar-refractivity contribution in [1.82, 2.24) is 9.55 Å². The third-order valence-corrected chi connectivity index (χ3v) is 5.82. The molecule has 164 valence electrons. The summed E-state index contributed by atoms with van der Waals surface area (Å²) in [4.78, 5) is 31.6. The molecule has 0 saturated carbocycles. The Labute approximate surface area is 188 Å². The number of amides is 1. The summed E-state index contributed by atoms with van der Waals surface area (Å²) in [5, 5.41) is 3.22. The lowest BCUT2D eigenvalue weighted by Crippen LogP contribution is -2.27. The highest BCUT2D eigenvalue weighted by atomic mass is 32.1. The summed E-state index contributed by atoms with van der Waals surface area (Å²) >= 11 is 1.40. The van der Waals surface area contributed by atoms with E-state index in [1.807, 2.05) is 20.8 Å². The van der Waals surface area contributed by atoms with E-state index in [-0.39, 0.29) is 29.9 Å². The molecule has 2 heterocycles. The fourth-order valence-electron chi connectivity index (χ4n) is 3.46. The third kappa shape index (κ3) is 4.55. The number of nitrogens with one attached hydrogen (secondary N) is 1. The van der Waals surface area contributed by atoms with E-state index in [0.717, 1.165) is 16.0 Å². The van der Waals surface area contributed by atoms with E-state index in [1.54, 1.807) is 36.4 Å². The van der Waals surface area contributed by atoms with E-state index in [2.05, 4.69) is 10.3 Å². The zero-order chi connectivity index (χ0) is 22.8. The van der Waals surface area contributed by atoms with Gasteiger partial charge in [-0.25, -0.2) is 9.37 Å². The molecule has 1 amide bonds. The minimum absolute atomic E-state index is 0.0604. The van der Waals surface area contributed by atoms with Crippen molar-refractivity contribution in [3.63, 3.8) is 0 Å². The number of anilines is 1. The van der Waals surface area contributed by atoms with Gasteiger partial charge in [0.05, 0.1) is 17.8 Å². The van der Waals surface area contributed by atoms with Crippen molar-refractivity contribution >= 4 is 33.1 Å². The Balaban J connectivity index is 1.59. The summed E-state index contributed by atoms with van der Waals surface area (Å²) in [6, 6.07) is 13.0. The topological polar surface area (TPSA) is 73.2 Å². The van der Waals surface area contributed by atoms with E-state index in [9.17, 15) is 14.0 Å². The Morgan fingerprint density at radius 3 is 2.50 bits per heavy atom. The zero-order valence-corrected chi connectivity index (χ0v) is 18.7. The number of hydrogen-bond donors (Lipinski definition) is 1. The van der Waals surface area contributed by atoms with Gasteiger partial charge in [0.25, 0.3) is 5.56 Å². The minimum atomic E-state index is -0.346. The largest absolute Gasteiger partial charge is 0.491 e. The van der Waals surface area contributed by atoms with Gasteiger partial charge in [0.1, 0.15) is 22.9 Å². The molecule has 0 radical (unpaired) electrons. The molecule has 0 bridgehead atoms. The molecule has 4 aromatic rings. The van der Waals surface area contributed by atoms with E-state index in [1.165, 1.54) is 34.4 Å². The van der Waals surface area contributed by atoms with Crippen molar-refractivity contribution in [2.24, 2.45) is 0 Å². The number of benzene rings is 2. The van der Waals surface area contributed by atoms with Gasteiger partial charge in [0, 0.05) is 16.1 Å². The number of carbonyl (C=O) groups is 1. The van der Waals surface area contributed by atoms with Crippen LogP contribution in [0.1, 0.15) is 18.7 Å². The second-order valence-corrected chi connectivity index (χ2v) is 8.84. The van der Waals surface area contributed by atoms with Crippen molar-refractivity contribution in [2.45, 2.75) is 33.4 Å². The molecular formula is C24H22FN3O3S. The summed E-state index contributed by atoms with van der Waals surface area (Å²) in [5.41, 5.74) is 1.75. The van der Waals surface area contributed by atoms with E-state index in [0.29, 0.717) is 21.7 Å². The monoisotopic (exact) mass is 451 g/mol. The lowest BCUT2D eigenvalue weighted by molar-refractivity contribution is -0.116. The highest BCUT2D eigenvalue weighted by Crippen LogP contribution is 2.35. The lowest BCUT2D eigenvalue weighted by Gasteiger charge is -2.11. The maximum absolute atomic E-state index is 13.4. The predicted octanol–water partition coefficient (Wildman–Crippen LogP) is 5.00. The molecule has 0 aliphatic heterocycles. The Hall–Kier alpha value is -3.52. The molecule has 0 aliphatic rings. The molecule has 0 spiro atoms. The highest BCUT2D eigenvalue weighted by molar-refractivity contribution is 7.19. The number of ether oxygens (including phenoxy) is 1. The molecule has 1 N–H and O–H groups in total. The van der Waals surface area contributed by atoms with Crippen molar-refractivity contribution < 1.29 is 13.9 Å². The predicted molar refractivity (Wildman–Crippen MR) is 125 cm³/mol. The van der Waals surface area contributed by atoms with Gasteiger partial charge in [0.2, 0.25) is 5.91 Å². The number of thiophene rings is 1. The minimum Gasteiger partial charge on any atom is -0.491 e. The summed E-state index contributed by atoms with van der Waals surface area (Å²) in [6.45, 7) is 5.60. The second kappa shape index (κ2) is 8.92. The molecule has 0 fully saturated rings. The number of fused-ring (bicyclic) bond motifs is 1. The van der Waals surface area contributed by atoms with Crippen LogP contribution in [0.5, 0.6) is 5.75 Å². The average Bonchev–Trinajstić information content (AvgIpc) is 3.08. The molecule has 0 aliphatic carbocycles. The van der Waals surface area contributed by atoms with Gasteiger partial charge in [-0.3, -0.25) is 14.2 Å². The number of carbonyl (C=O) groups excluding carboxylic acids is 1. The first-order valence-electron chi connectivity index (χ1n) is 10.1. The molecule has 6 nitrogen and oxygen atoms in total.